The van der Waals surface area contributed by atoms with Crippen LogP contribution >= 0.6 is 0 Å². The van der Waals surface area contributed by atoms with Crippen LogP contribution in [0.3, 0.4) is 0 Å². The first-order valence-corrected chi connectivity index (χ1v) is 8.30. The van der Waals surface area contributed by atoms with Gasteiger partial charge in [0.25, 0.3) is 0 Å². The van der Waals surface area contributed by atoms with Crippen molar-refractivity contribution in [2.75, 3.05) is 16.6 Å². The van der Waals surface area contributed by atoms with E-state index in [1.54, 1.807) is 12.3 Å². The van der Waals surface area contributed by atoms with Gasteiger partial charge in [0.05, 0.1) is 17.9 Å². The van der Waals surface area contributed by atoms with E-state index in [0.29, 0.717) is 6.54 Å². The lowest BCUT2D eigenvalue weighted by atomic mass is 10.1. The van der Waals surface area contributed by atoms with Gasteiger partial charge in [0.15, 0.2) is 11.6 Å². The largest absolute Gasteiger partial charge is 0.286 e. The summed E-state index contributed by atoms with van der Waals surface area (Å²) in [6.45, 7) is 0.585. The van der Waals surface area contributed by atoms with Crippen LogP contribution in [0.25, 0.3) is 5.57 Å². The van der Waals surface area contributed by atoms with Crippen molar-refractivity contribution in [3.8, 4) is 0 Å². The average molecular weight is 349 g/mol. The van der Waals surface area contributed by atoms with Gasteiger partial charge in [0.1, 0.15) is 0 Å². The summed E-state index contributed by atoms with van der Waals surface area (Å²) in [6, 6.07) is 23.7. The number of halogens is 2. The Labute approximate surface area is 150 Å². The summed E-state index contributed by atoms with van der Waals surface area (Å²) in [5.74, 6) is -1.77. The highest BCUT2D eigenvalue weighted by Gasteiger charge is 2.22. The molecule has 5 heteroatoms. The van der Waals surface area contributed by atoms with Crippen LogP contribution in [0.15, 0.2) is 85.1 Å². The molecule has 3 aromatic carbocycles. The van der Waals surface area contributed by atoms with E-state index in [1.807, 2.05) is 65.7 Å². The number of rotatable bonds is 3. The fourth-order valence-corrected chi connectivity index (χ4v) is 2.94. The molecule has 0 radical (unpaired) electrons. The summed E-state index contributed by atoms with van der Waals surface area (Å²) in [7, 11) is 0. The number of nitrogens with zero attached hydrogens (tertiary/aromatic N) is 2. The lowest BCUT2D eigenvalue weighted by molar-refractivity contribution is 0.502. The average Bonchev–Trinajstić information content (AvgIpc) is 2.71. The molecule has 0 atom stereocenters. The summed E-state index contributed by atoms with van der Waals surface area (Å²) < 4.78 is 28.1. The summed E-state index contributed by atoms with van der Waals surface area (Å²) in [5.41, 5.74) is 6.20. The molecule has 4 rings (SSSR count). The molecule has 0 fully saturated rings. The van der Waals surface area contributed by atoms with Crippen molar-refractivity contribution in [2.24, 2.45) is 0 Å². The third-order valence-corrected chi connectivity index (χ3v) is 4.25. The molecule has 3 nitrogen and oxygen atoms in total. The maximum Gasteiger partial charge on any atom is 0.183 e. The van der Waals surface area contributed by atoms with Crippen molar-refractivity contribution < 1.29 is 8.78 Å². The Morgan fingerprint density at radius 3 is 2.19 bits per heavy atom. The van der Waals surface area contributed by atoms with Gasteiger partial charge in [-0.1, -0.05) is 54.6 Å². The highest BCUT2D eigenvalue weighted by atomic mass is 19.2. The van der Waals surface area contributed by atoms with Crippen LogP contribution in [0.1, 0.15) is 5.56 Å². The highest BCUT2D eigenvalue weighted by Crippen LogP contribution is 2.28. The highest BCUT2D eigenvalue weighted by molar-refractivity contribution is 5.74. The number of benzene rings is 3. The van der Waals surface area contributed by atoms with E-state index < -0.39 is 11.6 Å². The lowest BCUT2D eigenvalue weighted by Crippen LogP contribution is -2.52. The molecular weight excluding hydrogens is 332 g/mol. The molecule has 130 valence electrons. The second-order valence-electron chi connectivity index (χ2n) is 5.99. The van der Waals surface area contributed by atoms with Crippen molar-refractivity contribution in [3.63, 3.8) is 0 Å². The molecule has 3 aromatic rings. The van der Waals surface area contributed by atoms with Gasteiger partial charge in [-0.15, -0.1) is 5.53 Å². The monoisotopic (exact) mass is 349 g/mol. The number of hydrogen-bond acceptors (Lipinski definition) is 3. The van der Waals surface area contributed by atoms with Crippen molar-refractivity contribution in [3.05, 3.63) is 102 Å². The Morgan fingerprint density at radius 2 is 1.46 bits per heavy atom. The Bertz CT molecular complexity index is 927. The van der Waals surface area contributed by atoms with E-state index >= 15 is 0 Å². The smallest absolute Gasteiger partial charge is 0.183 e. The van der Waals surface area contributed by atoms with Crippen LogP contribution in [0.5, 0.6) is 0 Å². The Morgan fingerprint density at radius 1 is 0.769 bits per heavy atom. The zero-order valence-electron chi connectivity index (χ0n) is 13.9. The summed E-state index contributed by atoms with van der Waals surface area (Å²) in [5, 5.41) is 3.41. The quantitative estimate of drug-likeness (QED) is 0.736. The molecular formula is C21H17F2N3. The van der Waals surface area contributed by atoms with Crippen LogP contribution in [0.2, 0.25) is 0 Å². The minimum absolute atomic E-state index is 0.124. The van der Waals surface area contributed by atoms with Crippen LogP contribution < -0.4 is 15.6 Å². The summed E-state index contributed by atoms with van der Waals surface area (Å²) in [6.07, 6.45) is 1.80. The Hall–Kier alpha value is -3.18. The first-order chi connectivity index (χ1) is 12.7. The van der Waals surface area contributed by atoms with Gasteiger partial charge >= 0.3 is 0 Å². The molecule has 1 aliphatic heterocycles. The molecule has 0 aliphatic carbocycles. The number of hydrogen-bond donors (Lipinski definition) is 1. The topological polar surface area (TPSA) is 18.5 Å². The van der Waals surface area contributed by atoms with Gasteiger partial charge in [-0.25, -0.2) is 8.78 Å². The maximum atomic E-state index is 14.3. The van der Waals surface area contributed by atoms with E-state index in [9.17, 15) is 8.78 Å². The fourth-order valence-electron chi connectivity index (χ4n) is 2.94. The molecule has 0 bridgehead atoms. The molecule has 0 unspecified atom stereocenters. The third-order valence-electron chi connectivity index (χ3n) is 4.25. The van der Waals surface area contributed by atoms with E-state index in [4.69, 9.17) is 0 Å². The van der Waals surface area contributed by atoms with Gasteiger partial charge in [-0.3, -0.25) is 10.0 Å². The van der Waals surface area contributed by atoms with Crippen LogP contribution in [-0.2, 0) is 0 Å². The van der Waals surface area contributed by atoms with Crippen LogP contribution in [-0.4, -0.2) is 6.54 Å². The SMILES string of the molecule is Fc1cccc(N2C=C(c3ccccc3)CN(c3ccccc3)N2)c1F. The van der Waals surface area contributed by atoms with Crippen molar-refractivity contribution in [1.82, 2.24) is 5.53 Å². The molecule has 0 aromatic heterocycles. The normalized spacial score (nSPS) is 14.3. The zero-order chi connectivity index (χ0) is 17.9. The van der Waals surface area contributed by atoms with Gasteiger partial charge in [-0.2, -0.15) is 0 Å². The van der Waals surface area contributed by atoms with E-state index in [2.05, 4.69) is 5.53 Å². The minimum Gasteiger partial charge on any atom is -0.286 e. The number of anilines is 2. The van der Waals surface area contributed by atoms with Gasteiger partial charge in [0.2, 0.25) is 0 Å². The van der Waals surface area contributed by atoms with E-state index in [1.165, 1.54) is 11.1 Å². The molecule has 0 saturated heterocycles. The van der Waals surface area contributed by atoms with Crippen molar-refractivity contribution >= 4 is 16.9 Å². The van der Waals surface area contributed by atoms with Gasteiger partial charge < -0.3 is 0 Å². The third kappa shape index (κ3) is 3.17. The van der Waals surface area contributed by atoms with Crippen LogP contribution in [0, 0.1) is 11.6 Å². The summed E-state index contributed by atoms with van der Waals surface area (Å²) in [4.78, 5) is 0. The fraction of sp³-hybridized carbons (Fsp3) is 0.0476. The Balaban J connectivity index is 1.77. The molecule has 1 aliphatic rings. The molecule has 1 N–H and O–H groups in total. The van der Waals surface area contributed by atoms with Gasteiger partial charge in [-0.05, 0) is 35.4 Å². The maximum absolute atomic E-state index is 14.3. The summed E-state index contributed by atoms with van der Waals surface area (Å²) >= 11 is 0. The zero-order valence-corrected chi connectivity index (χ0v) is 13.9. The lowest BCUT2D eigenvalue weighted by Gasteiger charge is -2.37. The second kappa shape index (κ2) is 6.98. The van der Waals surface area contributed by atoms with Gasteiger partial charge in [0, 0.05) is 6.20 Å². The number of hydrazine groups is 2. The predicted octanol–water partition coefficient (Wildman–Crippen LogP) is 4.75. The molecule has 0 spiro atoms. The first kappa shape index (κ1) is 16.3. The number of para-hydroxylation sites is 1. The first-order valence-electron chi connectivity index (χ1n) is 8.30. The minimum atomic E-state index is -0.890. The molecule has 0 saturated carbocycles. The van der Waals surface area contributed by atoms with Crippen LogP contribution in [0.4, 0.5) is 20.2 Å². The Kier molecular flexibility index (Phi) is 4.37. The molecule has 0 amide bonds. The van der Waals surface area contributed by atoms with E-state index in [0.717, 1.165) is 22.9 Å². The number of nitrogens with one attached hydrogen (secondary N) is 1. The standard InChI is InChI=1S/C21H17F2N3/c22-19-12-7-13-20(21(19)23)26-15-17(16-8-3-1-4-9-16)14-25(24-26)18-10-5-2-6-11-18/h1-13,15,24H,14H2. The van der Waals surface area contributed by atoms with Crippen molar-refractivity contribution in [1.29, 1.82) is 0 Å². The van der Waals surface area contributed by atoms with Crippen molar-refractivity contribution in [2.45, 2.75) is 0 Å². The molecule has 1 heterocycles. The predicted molar refractivity (Wildman–Crippen MR) is 100 cm³/mol. The molecule has 26 heavy (non-hydrogen) atoms. The van der Waals surface area contributed by atoms with E-state index in [-0.39, 0.29) is 5.69 Å². The second-order valence-corrected chi connectivity index (χ2v) is 5.99.